The van der Waals surface area contributed by atoms with Gasteiger partial charge in [0.1, 0.15) is 4.21 Å². The SMILES string of the molecule is CCNS(=O)(=O)c1ccc(C(=O)c2ccco2)s1. The maximum atomic E-state index is 11.9. The number of sulfonamides is 1. The van der Waals surface area contributed by atoms with E-state index in [1.807, 2.05) is 0 Å². The first kappa shape index (κ1) is 13.0. The van der Waals surface area contributed by atoms with E-state index >= 15 is 0 Å². The first-order valence-electron chi connectivity index (χ1n) is 5.22. The minimum atomic E-state index is -3.51. The van der Waals surface area contributed by atoms with Crippen molar-refractivity contribution < 1.29 is 17.6 Å². The van der Waals surface area contributed by atoms with Gasteiger partial charge in [0.05, 0.1) is 11.1 Å². The van der Waals surface area contributed by atoms with Crippen LogP contribution in [-0.2, 0) is 10.0 Å². The molecule has 0 saturated heterocycles. The van der Waals surface area contributed by atoms with Crippen molar-refractivity contribution in [2.45, 2.75) is 11.1 Å². The molecule has 7 heteroatoms. The van der Waals surface area contributed by atoms with Gasteiger partial charge in [-0.05, 0) is 24.3 Å². The molecule has 0 aliphatic carbocycles. The lowest BCUT2D eigenvalue weighted by molar-refractivity contribution is 0.101. The molecule has 2 heterocycles. The number of carbonyl (C=O) groups is 1. The zero-order valence-electron chi connectivity index (χ0n) is 9.54. The molecule has 5 nitrogen and oxygen atoms in total. The molecule has 0 unspecified atom stereocenters. The largest absolute Gasteiger partial charge is 0.461 e. The van der Waals surface area contributed by atoms with Crippen LogP contribution < -0.4 is 4.72 Å². The van der Waals surface area contributed by atoms with Crippen LogP contribution in [0.3, 0.4) is 0 Å². The Morgan fingerprint density at radius 1 is 1.39 bits per heavy atom. The maximum Gasteiger partial charge on any atom is 0.250 e. The second-order valence-corrected chi connectivity index (χ2v) is 6.50. The highest BCUT2D eigenvalue weighted by Gasteiger charge is 2.20. The van der Waals surface area contributed by atoms with Crippen molar-refractivity contribution in [2.75, 3.05) is 6.54 Å². The average molecular weight is 285 g/mol. The maximum absolute atomic E-state index is 11.9. The highest BCUT2D eigenvalue weighted by molar-refractivity contribution is 7.91. The minimum absolute atomic E-state index is 0.124. The molecule has 0 spiro atoms. The summed E-state index contributed by atoms with van der Waals surface area (Å²) in [7, 11) is -3.51. The Hall–Kier alpha value is -1.44. The van der Waals surface area contributed by atoms with Crippen LogP contribution >= 0.6 is 11.3 Å². The predicted molar refractivity (Wildman–Crippen MR) is 67.3 cm³/mol. The third kappa shape index (κ3) is 2.53. The van der Waals surface area contributed by atoms with E-state index in [-0.39, 0.29) is 15.8 Å². The van der Waals surface area contributed by atoms with Gasteiger partial charge in [0, 0.05) is 6.54 Å². The summed E-state index contributed by atoms with van der Waals surface area (Å²) in [4.78, 5) is 12.2. The van der Waals surface area contributed by atoms with Crippen molar-refractivity contribution in [3.05, 3.63) is 41.2 Å². The van der Waals surface area contributed by atoms with Gasteiger partial charge in [-0.3, -0.25) is 4.79 Å². The summed E-state index contributed by atoms with van der Waals surface area (Å²) in [5.74, 6) is -0.118. The number of nitrogens with one attached hydrogen (secondary N) is 1. The van der Waals surface area contributed by atoms with Crippen molar-refractivity contribution in [1.82, 2.24) is 4.72 Å². The summed E-state index contributed by atoms with van der Waals surface area (Å²) in [6.07, 6.45) is 1.40. The fourth-order valence-electron chi connectivity index (χ4n) is 1.38. The molecule has 0 atom stereocenters. The summed E-state index contributed by atoms with van der Waals surface area (Å²) in [6.45, 7) is 2.00. The summed E-state index contributed by atoms with van der Waals surface area (Å²) in [5.41, 5.74) is 0. The lowest BCUT2D eigenvalue weighted by Crippen LogP contribution is -2.22. The van der Waals surface area contributed by atoms with E-state index in [9.17, 15) is 13.2 Å². The molecule has 1 N–H and O–H groups in total. The van der Waals surface area contributed by atoms with Crippen molar-refractivity contribution in [2.24, 2.45) is 0 Å². The van der Waals surface area contributed by atoms with E-state index in [4.69, 9.17) is 4.42 Å². The van der Waals surface area contributed by atoms with Crippen LogP contribution in [0, 0.1) is 0 Å². The summed E-state index contributed by atoms with van der Waals surface area (Å²) in [6, 6.07) is 6.05. The fourth-order valence-corrected chi connectivity index (χ4v) is 3.71. The topological polar surface area (TPSA) is 76.4 Å². The smallest absolute Gasteiger partial charge is 0.250 e. The van der Waals surface area contributed by atoms with Crippen molar-refractivity contribution in [1.29, 1.82) is 0 Å². The fraction of sp³-hybridized carbons (Fsp3) is 0.182. The van der Waals surface area contributed by atoms with Crippen LogP contribution in [0.5, 0.6) is 0 Å². The van der Waals surface area contributed by atoms with E-state index in [1.165, 1.54) is 18.4 Å². The number of furan rings is 1. The molecule has 96 valence electrons. The molecule has 0 saturated carbocycles. The number of rotatable bonds is 5. The van der Waals surface area contributed by atoms with Gasteiger partial charge in [-0.2, -0.15) is 0 Å². The van der Waals surface area contributed by atoms with Gasteiger partial charge in [-0.1, -0.05) is 6.92 Å². The first-order valence-corrected chi connectivity index (χ1v) is 7.52. The van der Waals surface area contributed by atoms with Crippen LogP contribution in [0.2, 0.25) is 0 Å². The van der Waals surface area contributed by atoms with Gasteiger partial charge in [0.2, 0.25) is 15.8 Å². The zero-order valence-corrected chi connectivity index (χ0v) is 11.2. The highest BCUT2D eigenvalue weighted by Crippen LogP contribution is 2.23. The summed E-state index contributed by atoms with van der Waals surface area (Å²) in [5, 5.41) is 0. The summed E-state index contributed by atoms with van der Waals surface area (Å²) >= 11 is 0.926. The van der Waals surface area contributed by atoms with Crippen LogP contribution in [0.15, 0.2) is 39.2 Å². The molecule has 0 amide bonds. The van der Waals surface area contributed by atoms with Crippen LogP contribution in [0.4, 0.5) is 0 Å². The average Bonchev–Trinajstić information content (AvgIpc) is 3.00. The van der Waals surface area contributed by atoms with Gasteiger partial charge < -0.3 is 4.42 Å². The van der Waals surface area contributed by atoms with E-state index in [0.29, 0.717) is 11.4 Å². The predicted octanol–water partition coefficient (Wildman–Crippen LogP) is 1.87. The Morgan fingerprint density at radius 2 is 2.17 bits per heavy atom. The molecule has 0 radical (unpaired) electrons. The van der Waals surface area contributed by atoms with Gasteiger partial charge in [-0.25, -0.2) is 13.1 Å². The minimum Gasteiger partial charge on any atom is -0.461 e. The normalized spacial score (nSPS) is 11.6. The number of thiophene rings is 1. The molecule has 2 rings (SSSR count). The number of ketones is 1. The van der Waals surface area contributed by atoms with E-state index < -0.39 is 10.0 Å². The molecule has 0 bridgehead atoms. The Bertz CT molecular complexity index is 640. The van der Waals surface area contributed by atoms with Crippen molar-refractivity contribution in [3.8, 4) is 0 Å². The van der Waals surface area contributed by atoms with Crippen LogP contribution in [-0.4, -0.2) is 20.7 Å². The number of carbonyl (C=O) groups excluding carboxylic acids is 1. The van der Waals surface area contributed by atoms with Gasteiger partial charge in [0.25, 0.3) is 0 Å². The molecule has 0 aromatic carbocycles. The van der Waals surface area contributed by atoms with E-state index in [0.717, 1.165) is 11.3 Å². The molecule has 0 aliphatic rings. The summed E-state index contributed by atoms with van der Waals surface area (Å²) < 4.78 is 30.9. The third-order valence-corrected chi connectivity index (χ3v) is 5.27. The molecule has 0 aliphatic heterocycles. The standard InChI is InChI=1S/C11H11NO4S2/c1-2-12-18(14,15)10-6-5-9(17-10)11(13)8-4-3-7-16-8/h3-7,12H,2H2,1H3. The Morgan fingerprint density at radius 3 is 2.78 bits per heavy atom. The number of hydrogen-bond donors (Lipinski definition) is 1. The molecular formula is C11H11NO4S2. The van der Waals surface area contributed by atoms with Gasteiger partial charge >= 0.3 is 0 Å². The zero-order chi connectivity index (χ0) is 13.2. The van der Waals surface area contributed by atoms with Crippen LogP contribution in [0.1, 0.15) is 22.4 Å². The Kier molecular flexibility index (Phi) is 3.65. The monoisotopic (exact) mass is 285 g/mol. The molecule has 0 fully saturated rings. The van der Waals surface area contributed by atoms with Gasteiger partial charge in [-0.15, -0.1) is 11.3 Å². The Balaban J connectivity index is 2.29. The Labute approximate surface area is 108 Å². The molecule has 18 heavy (non-hydrogen) atoms. The second kappa shape index (κ2) is 5.05. The van der Waals surface area contributed by atoms with Gasteiger partial charge in [0.15, 0.2) is 5.76 Å². The van der Waals surface area contributed by atoms with E-state index in [2.05, 4.69) is 4.72 Å². The van der Waals surface area contributed by atoms with Crippen molar-refractivity contribution >= 4 is 27.1 Å². The number of hydrogen-bond acceptors (Lipinski definition) is 5. The molecule has 2 aromatic heterocycles. The van der Waals surface area contributed by atoms with E-state index in [1.54, 1.807) is 19.1 Å². The third-order valence-electron chi connectivity index (χ3n) is 2.15. The quantitative estimate of drug-likeness (QED) is 0.851. The highest BCUT2D eigenvalue weighted by atomic mass is 32.2. The lowest BCUT2D eigenvalue weighted by Gasteiger charge is -1.99. The first-order chi connectivity index (χ1) is 8.54. The van der Waals surface area contributed by atoms with Crippen molar-refractivity contribution in [3.63, 3.8) is 0 Å². The van der Waals surface area contributed by atoms with Crippen LogP contribution in [0.25, 0.3) is 0 Å². The second-order valence-electron chi connectivity index (χ2n) is 3.43. The lowest BCUT2D eigenvalue weighted by atomic mass is 10.2. The molecule has 2 aromatic rings. The molecular weight excluding hydrogens is 274 g/mol.